The van der Waals surface area contributed by atoms with E-state index in [1.54, 1.807) is 0 Å². The Hall–Kier alpha value is -2.92. The van der Waals surface area contributed by atoms with E-state index in [9.17, 15) is 9.59 Å². The molecule has 5 heteroatoms. The van der Waals surface area contributed by atoms with E-state index >= 15 is 0 Å². The number of fused-ring (bicyclic) bond motifs is 3. The molecule has 3 heterocycles. The van der Waals surface area contributed by atoms with Crippen molar-refractivity contribution in [2.75, 3.05) is 11.4 Å². The van der Waals surface area contributed by atoms with E-state index in [0.717, 1.165) is 29.7 Å². The van der Waals surface area contributed by atoms with Crippen LogP contribution in [0.4, 0.5) is 5.69 Å². The molecule has 3 aromatic rings. The largest absolute Gasteiger partial charge is 0.357 e. The highest BCUT2D eigenvalue weighted by molar-refractivity contribution is 6.22. The van der Waals surface area contributed by atoms with Crippen molar-refractivity contribution in [2.45, 2.75) is 32.4 Å². The van der Waals surface area contributed by atoms with Gasteiger partial charge in [-0.15, -0.1) is 0 Å². The van der Waals surface area contributed by atoms with Gasteiger partial charge in [-0.25, -0.2) is 4.90 Å². The van der Waals surface area contributed by atoms with E-state index < -0.39 is 0 Å². The zero-order valence-electron chi connectivity index (χ0n) is 15.2. The highest BCUT2D eigenvalue weighted by Gasteiger charge is 2.43. The summed E-state index contributed by atoms with van der Waals surface area (Å²) in [5, 5.41) is 1.27. The zero-order chi connectivity index (χ0) is 18.5. The summed E-state index contributed by atoms with van der Waals surface area (Å²) in [7, 11) is 0. The molecule has 1 saturated heterocycles. The Morgan fingerprint density at radius 3 is 2.78 bits per heavy atom. The number of rotatable bonds is 2. The third-order valence-corrected chi connectivity index (χ3v) is 5.74. The molecule has 2 aliphatic heterocycles. The minimum Gasteiger partial charge on any atom is -0.357 e. The summed E-state index contributed by atoms with van der Waals surface area (Å²) in [6.45, 7) is 3.43. The van der Waals surface area contributed by atoms with Gasteiger partial charge in [0.15, 0.2) is 0 Å². The molecule has 2 aromatic carbocycles. The predicted molar refractivity (Wildman–Crippen MR) is 104 cm³/mol. The summed E-state index contributed by atoms with van der Waals surface area (Å²) in [6, 6.07) is 15.5. The maximum atomic E-state index is 13.1. The number of hydrogen-bond donors (Lipinski definition) is 1. The van der Waals surface area contributed by atoms with Crippen LogP contribution in [0.5, 0.6) is 0 Å². The fraction of sp³-hybridized carbons (Fsp3) is 0.273. The number of benzene rings is 2. The van der Waals surface area contributed by atoms with Crippen molar-refractivity contribution >= 4 is 28.4 Å². The number of nitrogens with one attached hydrogen (secondary N) is 1. The molecule has 0 bridgehead atoms. The van der Waals surface area contributed by atoms with Crippen LogP contribution in [-0.2, 0) is 22.6 Å². The summed E-state index contributed by atoms with van der Waals surface area (Å²) in [4.78, 5) is 32.7. The molecule has 1 fully saturated rings. The molecule has 5 nitrogen and oxygen atoms in total. The molecule has 1 N–H and O–H groups in total. The molecule has 1 aromatic heterocycles. The van der Waals surface area contributed by atoms with Gasteiger partial charge in [0.2, 0.25) is 5.91 Å². The number of hydrogen-bond acceptors (Lipinski definition) is 3. The average Bonchev–Trinajstić information content (AvgIpc) is 3.18. The van der Waals surface area contributed by atoms with Crippen molar-refractivity contribution in [1.29, 1.82) is 0 Å². The average molecular weight is 359 g/mol. The van der Waals surface area contributed by atoms with Crippen molar-refractivity contribution in [3.05, 3.63) is 65.4 Å². The Morgan fingerprint density at radius 2 is 1.93 bits per heavy atom. The normalized spacial score (nSPS) is 20.5. The van der Waals surface area contributed by atoms with Gasteiger partial charge in [-0.05, 0) is 42.7 Å². The van der Waals surface area contributed by atoms with Crippen LogP contribution < -0.4 is 4.90 Å². The summed E-state index contributed by atoms with van der Waals surface area (Å²) < 4.78 is 0. The first-order chi connectivity index (χ1) is 13.1. The molecular weight excluding hydrogens is 338 g/mol. The van der Waals surface area contributed by atoms with Crippen molar-refractivity contribution in [1.82, 2.24) is 9.88 Å². The second-order valence-corrected chi connectivity index (χ2v) is 7.47. The number of H-pyrrole nitrogens is 1. The van der Waals surface area contributed by atoms with Gasteiger partial charge in [0.25, 0.3) is 5.91 Å². The van der Waals surface area contributed by atoms with Gasteiger partial charge in [-0.3, -0.25) is 14.5 Å². The third-order valence-electron chi connectivity index (χ3n) is 5.74. The molecule has 0 aliphatic carbocycles. The van der Waals surface area contributed by atoms with Gasteiger partial charge in [0.05, 0.1) is 18.2 Å². The highest BCUT2D eigenvalue weighted by atomic mass is 16.2. The van der Waals surface area contributed by atoms with Gasteiger partial charge >= 0.3 is 0 Å². The molecule has 0 saturated carbocycles. The highest BCUT2D eigenvalue weighted by Crippen LogP contribution is 2.32. The Balaban J connectivity index is 1.43. The molecule has 2 aliphatic rings. The number of carbonyl (C=O) groups excluding carboxylic acids is 2. The number of carbonyl (C=O) groups is 2. The van der Waals surface area contributed by atoms with E-state index in [4.69, 9.17) is 0 Å². The zero-order valence-corrected chi connectivity index (χ0v) is 15.2. The van der Waals surface area contributed by atoms with E-state index in [1.165, 1.54) is 15.8 Å². The lowest BCUT2D eigenvalue weighted by molar-refractivity contribution is -0.123. The lowest BCUT2D eigenvalue weighted by Gasteiger charge is -2.30. The Labute approximate surface area is 157 Å². The molecule has 2 amide bonds. The predicted octanol–water partition coefficient (Wildman–Crippen LogP) is 3.17. The van der Waals surface area contributed by atoms with Crippen LogP contribution >= 0.6 is 0 Å². The topological polar surface area (TPSA) is 56.4 Å². The summed E-state index contributed by atoms with van der Waals surface area (Å²) in [5.74, 6) is -0.219. The number of anilines is 1. The van der Waals surface area contributed by atoms with Crippen LogP contribution in [0.3, 0.4) is 0 Å². The van der Waals surface area contributed by atoms with E-state index in [-0.39, 0.29) is 24.3 Å². The lowest BCUT2D eigenvalue weighted by atomic mass is 10.0. The van der Waals surface area contributed by atoms with Crippen LogP contribution in [0.15, 0.2) is 48.5 Å². The monoisotopic (exact) mass is 359 g/mol. The molecule has 1 atom stereocenters. The number of aromatic nitrogens is 1. The van der Waals surface area contributed by atoms with Gasteiger partial charge < -0.3 is 4.98 Å². The van der Waals surface area contributed by atoms with Crippen LogP contribution in [0.2, 0.25) is 0 Å². The Bertz CT molecular complexity index is 1070. The second kappa shape index (κ2) is 6.06. The van der Waals surface area contributed by atoms with Crippen molar-refractivity contribution < 1.29 is 9.59 Å². The molecule has 27 heavy (non-hydrogen) atoms. The maximum Gasteiger partial charge on any atom is 0.251 e. The van der Waals surface area contributed by atoms with Crippen molar-refractivity contribution in [2.24, 2.45) is 0 Å². The quantitative estimate of drug-likeness (QED) is 0.715. The summed E-state index contributed by atoms with van der Waals surface area (Å²) >= 11 is 0. The lowest BCUT2D eigenvalue weighted by Crippen LogP contribution is -2.44. The molecular formula is C22H21N3O2. The number of nitrogens with zero attached hydrogens (tertiary/aromatic N) is 2. The number of para-hydroxylation sites is 1. The fourth-order valence-electron chi connectivity index (χ4n) is 4.42. The molecule has 0 spiro atoms. The SMILES string of the molecule is Cc1cccc(N2C(=O)C[C@@H](N3CCc4c([nH]c5ccccc45)C3)C2=O)c1. The van der Waals surface area contributed by atoms with E-state index in [2.05, 4.69) is 28.1 Å². The third kappa shape index (κ3) is 2.58. The second-order valence-electron chi connectivity index (χ2n) is 7.47. The number of aryl methyl sites for hydroxylation is 1. The molecule has 0 unspecified atom stereocenters. The van der Waals surface area contributed by atoms with Gasteiger partial charge in [-0.1, -0.05) is 30.3 Å². The van der Waals surface area contributed by atoms with Crippen LogP contribution in [-0.4, -0.2) is 34.3 Å². The minimum absolute atomic E-state index is 0.106. The van der Waals surface area contributed by atoms with Gasteiger partial charge in [0, 0.05) is 29.7 Å². The Morgan fingerprint density at radius 1 is 1.07 bits per heavy atom. The summed E-state index contributed by atoms with van der Waals surface area (Å²) in [5.41, 5.74) is 5.36. The fourth-order valence-corrected chi connectivity index (χ4v) is 4.42. The van der Waals surface area contributed by atoms with Crippen molar-refractivity contribution in [3.63, 3.8) is 0 Å². The van der Waals surface area contributed by atoms with Gasteiger partial charge in [-0.2, -0.15) is 0 Å². The van der Waals surface area contributed by atoms with Crippen LogP contribution in [0, 0.1) is 6.92 Å². The maximum absolute atomic E-state index is 13.1. The molecule has 136 valence electrons. The van der Waals surface area contributed by atoms with Gasteiger partial charge in [0.1, 0.15) is 0 Å². The van der Waals surface area contributed by atoms with E-state index in [1.807, 2.05) is 37.3 Å². The summed E-state index contributed by atoms with van der Waals surface area (Å²) in [6.07, 6.45) is 1.14. The minimum atomic E-state index is -0.377. The first-order valence-electron chi connectivity index (χ1n) is 9.38. The van der Waals surface area contributed by atoms with E-state index in [0.29, 0.717) is 12.2 Å². The molecule has 5 rings (SSSR count). The smallest absolute Gasteiger partial charge is 0.251 e. The molecule has 0 radical (unpaired) electrons. The first-order valence-corrected chi connectivity index (χ1v) is 9.38. The van der Waals surface area contributed by atoms with Crippen LogP contribution in [0.25, 0.3) is 10.9 Å². The number of amides is 2. The number of imide groups is 1. The first kappa shape index (κ1) is 16.3. The Kier molecular flexibility index (Phi) is 3.65. The number of aromatic amines is 1. The van der Waals surface area contributed by atoms with Crippen molar-refractivity contribution in [3.8, 4) is 0 Å². The standard InChI is InChI=1S/C22H21N3O2/c1-14-5-4-6-15(11-14)25-21(26)12-20(22(25)27)24-10-9-17-16-7-2-3-8-18(16)23-19(17)13-24/h2-8,11,20,23H,9-10,12-13H2,1H3/t20-/m1/s1. The van der Waals surface area contributed by atoms with Crippen LogP contribution in [0.1, 0.15) is 23.2 Å².